The molecule has 0 fully saturated rings. The number of nitrogens with zero attached hydrogens (tertiary/aromatic N) is 2. The first-order valence-electron chi connectivity index (χ1n) is 7.14. The van der Waals surface area contributed by atoms with E-state index in [-0.39, 0.29) is 23.8 Å². The molecule has 2 heterocycles. The Kier molecular flexibility index (Phi) is 4.12. The minimum Gasteiger partial charge on any atom is -0.496 e. The summed E-state index contributed by atoms with van der Waals surface area (Å²) in [5.74, 6) is 0.689. The predicted molar refractivity (Wildman–Crippen MR) is 89.3 cm³/mol. The minimum atomic E-state index is -0.364. The molecule has 0 radical (unpaired) electrons. The van der Waals surface area contributed by atoms with Crippen LogP contribution < -0.4 is 15.6 Å². The van der Waals surface area contributed by atoms with E-state index in [9.17, 15) is 9.59 Å². The Morgan fingerprint density at radius 2 is 2.09 bits per heavy atom. The third kappa shape index (κ3) is 2.61. The fraction of sp³-hybridized carbons (Fsp3) is 0.312. The number of rotatable bonds is 3. The van der Waals surface area contributed by atoms with E-state index in [4.69, 9.17) is 4.74 Å². The van der Waals surface area contributed by atoms with E-state index in [0.717, 1.165) is 5.56 Å². The van der Waals surface area contributed by atoms with E-state index < -0.39 is 0 Å². The summed E-state index contributed by atoms with van der Waals surface area (Å²) in [6.07, 6.45) is 2.04. The Hall–Kier alpha value is -2.28. The molecule has 1 aliphatic rings. The van der Waals surface area contributed by atoms with E-state index in [2.05, 4.69) is 10.3 Å². The number of ether oxygens (including phenoxy) is 1. The molecule has 1 aromatic heterocycles. The number of aromatic nitrogens is 2. The van der Waals surface area contributed by atoms with Crippen molar-refractivity contribution in [2.24, 2.45) is 7.05 Å². The molecule has 1 N–H and O–H groups in total. The van der Waals surface area contributed by atoms with Gasteiger partial charge in [-0.25, -0.2) is 0 Å². The normalized spacial score (nSPS) is 16.7. The summed E-state index contributed by atoms with van der Waals surface area (Å²) in [7, 11) is 3.37. The van der Waals surface area contributed by atoms with E-state index in [1.165, 1.54) is 11.8 Å². The van der Waals surface area contributed by atoms with Crippen molar-refractivity contribution in [3.63, 3.8) is 0 Å². The Balaban J connectivity index is 2.26. The molecule has 0 saturated carbocycles. The highest BCUT2D eigenvalue weighted by Crippen LogP contribution is 2.39. The zero-order chi connectivity index (χ0) is 16.6. The first-order valence-corrected chi connectivity index (χ1v) is 8.37. The zero-order valence-electron chi connectivity index (χ0n) is 13.1. The zero-order valence-corrected chi connectivity index (χ0v) is 13.9. The molecule has 0 unspecified atom stereocenters. The largest absolute Gasteiger partial charge is 0.496 e. The summed E-state index contributed by atoms with van der Waals surface area (Å²) in [6.45, 7) is 0. The molecule has 0 saturated heterocycles. The average Bonchev–Trinajstić information content (AvgIpc) is 2.57. The van der Waals surface area contributed by atoms with E-state index in [1.54, 1.807) is 18.7 Å². The number of carbonyl (C=O) groups excluding carboxylic acids is 1. The summed E-state index contributed by atoms with van der Waals surface area (Å²) in [4.78, 5) is 28.9. The summed E-state index contributed by atoms with van der Waals surface area (Å²) in [5.41, 5.74) is 1.02. The quantitative estimate of drug-likeness (QED) is 0.688. The number of methoxy groups -OCH3 is 1. The van der Waals surface area contributed by atoms with E-state index >= 15 is 0 Å². The molecule has 2 aromatic rings. The fourth-order valence-electron chi connectivity index (χ4n) is 2.94. The van der Waals surface area contributed by atoms with E-state index in [1.807, 2.05) is 30.5 Å². The first-order chi connectivity index (χ1) is 11.1. The summed E-state index contributed by atoms with van der Waals surface area (Å²) in [6, 6.07) is 7.45. The Bertz CT molecular complexity index is 832. The van der Waals surface area contributed by atoms with Gasteiger partial charge in [0.15, 0.2) is 5.16 Å². The van der Waals surface area contributed by atoms with Gasteiger partial charge < -0.3 is 14.6 Å². The van der Waals surface area contributed by atoms with Gasteiger partial charge in [-0.15, -0.1) is 0 Å². The van der Waals surface area contributed by atoms with Crippen LogP contribution in [-0.4, -0.2) is 28.8 Å². The highest BCUT2D eigenvalue weighted by atomic mass is 32.2. The molecular formula is C16H17N3O3S. The summed E-state index contributed by atoms with van der Waals surface area (Å²) >= 11 is 1.36. The van der Waals surface area contributed by atoms with Crippen LogP contribution in [0.1, 0.15) is 23.5 Å². The molecule has 6 nitrogen and oxygen atoms in total. The van der Waals surface area contributed by atoms with Gasteiger partial charge in [0.1, 0.15) is 11.6 Å². The lowest BCUT2D eigenvalue weighted by molar-refractivity contribution is -0.116. The van der Waals surface area contributed by atoms with Gasteiger partial charge in [-0.3, -0.25) is 9.59 Å². The lowest BCUT2D eigenvalue weighted by Crippen LogP contribution is -2.33. The smallest absolute Gasteiger partial charge is 0.279 e. The number of fused-ring (bicyclic) bond motifs is 1. The van der Waals surface area contributed by atoms with Crippen LogP contribution in [0.2, 0.25) is 0 Å². The van der Waals surface area contributed by atoms with Crippen LogP contribution in [0.5, 0.6) is 5.75 Å². The molecule has 1 aromatic carbocycles. The maximum atomic E-state index is 12.6. The van der Waals surface area contributed by atoms with E-state index in [0.29, 0.717) is 22.3 Å². The van der Waals surface area contributed by atoms with Crippen LogP contribution in [0.15, 0.2) is 34.2 Å². The van der Waals surface area contributed by atoms with Crippen molar-refractivity contribution in [1.29, 1.82) is 0 Å². The summed E-state index contributed by atoms with van der Waals surface area (Å²) in [5, 5.41) is 3.38. The monoisotopic (exact) mass is 331 g/mol. The number of hydrogen-bond acceptors (Lipinski definition) is 5. The molecule has 1 atom stereocenters. The number of thioether (sulfide) groups is 1. The van der Waals surface area contributed by atoms with Gasteiger partial charge in [0.05, 0.1) is 12.7 Å². The van der Waals surface area contributed by atoms with Crippen LogP contribution in [0.3, 0.4) is 0 Å². The van der Waals surface area contributed by atoms with Crippen LogP contribution >= 0.6 is 11.8 Å². The third-order valence-corrected chi connectivity index (χ3v) is 4.73. The molecule has 23 heavy (non-hydrogen) atoms. The SMILES string of the molecule is COc1ccccc1[C@@H]1CC(=O)Nc2c1c(=O)nc(SC)n2C. The first kappa shape index (κ1) is 15.6. The number of nitrogens with one attached hydrogen (secondary N) is 1. The second-order valence-corrected chi connectivity index (χ2v) is 6.05. The van der Waals surface area contributed by atoms with Gasteiger partial charge >= 0.3 is 0 Å². The van der Waals surface area contributed by atoms with Crippen molar-refractivity contribution in [2.75, 3.05) is 18.7 Å². The van der Waals surface area contributed by atoms with Gasteiger partial charge in [0.25, 0.3) is 5.56 Å². The van der Waals surface area contributed by atoms with Crippen LogP contribution in [0.25, 0.3) is 0 Å². The highest BCUT2D eigenvalue weighted by molar-refractivity contribution is 7.98. The maximum Gasteiger partial charge on any atom is 0.279 e. The van der Waals surface area contributed by atoms with Gasteiger partial charge in [-0.05, 0) is 12.3 Å². The minimum absolute atomic E-state index is 0.123. The molecule has 7 heteroatoms. The maximum absolute atomic E-state index is 12.6. The number of benzene rings is 1. The second kappa shape index (κ2) is 6.08. The topological polar surface area (TPSA) is 73.2 Å². The van der Waals surface area contributed by atoms with Crippen LogP contribution in [0.4, 0.5) is 5.82 Å². The van der Waals surface area contributed by atoms with Crippen molar-refractivity contribution in [1.82, 2.24) is 9.55 Å². The molecule has 3 rings (SSSR count). The van der Waals surface area contributed by atoms with Gasteiger partial charge in [0.2, 0.25) is 5.91 Å². The number of hydrogen-bond donors (Lipinski definition) is 1. The Morgan fingerprint density at radius 3 is 2.78 bits per heavy atom. The molecule has 120 valence electrons. The number of amides is 1. The molecule has 0 spiro atoms. The van der Waals surface area contributed by atoms with Crippen molar-refractivity contribution in [3.8, 4) is 5.75 Å². The number of para-hydroxylation sites is 1. The summed E-state index contributed by atoms with van der Waals surface area (Å²) < 4.78 is 7.15. The molecule has 0 bridgehead atoms. The van der Waals surface area contributed by atoms with Crippen LogP contribution in [-0.2, 0) is 11.8 Å². The van der Waals surface area contributed by atoms with Gasteiger partial charge in [0, 0.05) is 24.9 Å². The van der Waals surface area contributed by atoms with Gasteiger partial charge in [-0.2, -0.15) is 4.98 Å². The van der Waals surface area contributed by atoms with Crippen molar-refractivity contribution < 1.29 is 9.53 Å². The molecular weight excluding hydrogens is 314 g/mol. The molecule has 1 amide bonds. The molecule has 1 aliphatic heterocycles. The van der Waals surface area contributed by atoms with Crippen molar-refractivity contribution in [2.45, 2.75) is 17.5 Å². The Morgan fingerprint density at radius 1 is 1.35 bits per heavy atom. The third-order valence-electron chi connectivity index (χ3n) is 4.00. The average molecular weight is 331 g/mol. The second-order valence-electron chi connectivity index (χ2n) is 5.27. The lowest BCUT2D eigenvalue weighted by atomic mass is 9.86. The number of anilines is 1. The number of carbonyl (C=O) groups is 1. The van der Waals surface area contributed by atoms with Crippen molar-refractivity contribution in [3.05, 3.63) is 45.7 Å². The standard InChI is InChI=1S/C16H17N3O3S/c1-19-14-13(15(21)18-16(19)23-3)10(8-12(20)17-14)9-6-4-5-7-11(9)22-2/h4-7,10H,8H2,1-3H3,(H,17,20)/t10-/m0/s1. The predicted octanol–water partition coefficient (Wildman–Crippen LogP) is 1.98. The van der Waals surface area contributed by atoms with Crippen LogP contribution in [0, 0.1) is 0 Å². The fourth-order valence-corrected chi connectivity index (χ4v) is 3.48. The molecule has 0 aliphatic carbocycles. The highest BCUT2D eigenvalue weighted by Gasteiger charge is 2.33. The Labute approximate surface area is 137 Å². The lowest BCUT2D eigenvalue weighted by Gasteiger charge is -2.28. The van der Waals surface area contributed by atoms with Gasteiger partial charge in [-0.1, -0.05) is 30.0 Å². The van der Waals surface area contributed by atoms with Crippen molar-refractivity contribution >= 4 is 23.5 Å².